The van der Waals surface area contributed by atoms with Gasteiger partial charge in [-0.05, 0) is 43.0 Å². The maximum atomic E-state index is 12.8. The van der Waals surface area contributed by atoms with E-state index in [0.29, 0.717) is 34.3 Å². The first-order chi connectivity index (χ1) is 17.9. The predicted molar refractivity (Wildman–Crippen MR) is 144 cm³/mol. The molecule has 0 amide bonds. The molecule has 5 rings (SSSR count). The van der Waals surface area contributed by atoms with Gasteiger partial charge in [0.05, 0.1) is 23.5 Å². The Morgan fingerprint density at radius 1 is 1.14 bits per heavy atom. The molecule has 1 aliphatic heterocycles. The van der Waals surface area contributed by atoms with Crippen molar-refractivity contribution >= 4 is 33.7 Å². The number of aromatic nitrogens is 3. The van der Waals surface area contributed by atoms with E-state index >= 15 is 0 Å². The molecule has 1 atom stereocenters. The van der Waals surface area contributed by atoms with Crippen LogP contribution in [-0.4, -0.2) is 47.6 Å². The quantitative estimate of drug-likeness (QED) is 0.303. The third-order valence-corrected chi connectivity index (χ3v) is 8.47. The standard InChI is InChI=1S/C26H30N8O2S/c1-2-22-24(28)33(17-27)23-16-30-25(32-26(23)34(22)19-8-6-7-9-19)21-12-13-29-14-18(21)15-31-37(35,36)20-10-4-3-5-11-20/h3-5,10-14,16-17,19,22,27-28,31H,2,6-9,15H2,1H3. The van der Waals surface area contributed by atoms with Crippen LogP contribution < -0.4 is 14.5 Å². The van der Waals surface area contributed by atoms with Crippen molar-refractivity contribution in [2.45, 2.75) is 62.6 Å². The molecule has 0 spiro atoms. The molecule has 192 valence electrons. The molecule has 1 aromatic carbocycles. The molecule has 11 heteroatoms. The van der Waals surface area contributed by atoms with Gasteiger partial charge in [-0.15, -0.1) is 0 Å². The number of nitrogens with zero attached hydrogens (tertiary/aromatic N) is 5. The van der Waals surface area contributed by atoms with Crippen LogP contribution in [0.1, 0.15) is 44.6 Å². The highest BCUT2D eigenvalue weighted by Gasteiger charge is 2.40. The minimum atomic E-state index is -3.70. The number of sulfonamides is 1. The minimum absolute atomic E-state index is 0.0298. The number of fused-ring (bicyclic) bond motifs is 1. The third kappa shape index (κ3) is 4.72. The zero-order chi connectivity index (χ0) is 26.0. The monoisotopic (exact) mass is 518 g/mol. The summed E-state index contributed by atoms with van der Waals surface area (Å²) < 4.78 is 28.2. The number of pyridine rings is 1. The zero-order valence-electron chi connectivity index (χ0n) is 20.6. The van der Waals surface area contributed by atoms with Crippen LogP contribution in [0.25, 0.3) is 11.4 Å². The first-order valence-corrected chi connectivity index (χ1v) is 13.9. The Morgan fingerprint density at radius 3 is 2.59 bits per heavy atom. The molecule has 0 bridgehead atoms. The van der Waals surface area contributed by atoms with Gasteiger partial charge in [0.25, 0.3) is 0 Å². The van der Waals surface area contributed by atoms with Crippen LogP contribution in [0.5, 0.6) is 0 Å². The summed E-state index contributed by atoms with van der Waals surface area (Å²) in [6.45, 7) is 2.08. The van der Waals surface area contributed by atoms with Crippen molar-refractivity contribution in [1.29, 1.82) is 10.8 Å². The van der Waals surface area contributed by atoms with E-state index < -0.39 is 10.0 Å². The van der Waals surface area contributed by atoms with E-state index in [-0.39, 0.29) is 23.5 Å². The van der Waals surface area contributed by atoms with Crippen LogP contribution in [0.4, 0.5) is 11.5 Å². The van der Waals surface area contributed by atoms with Crippen molar-refractivity contribution in [3.05, 3.63) is 60.6 Å². The highest BCUT2D eigenvalue weighted by Crippen LogP contribution is 2.40. The van der Waals surface area contributed by atoms with Gasteiger partial charge in [-0.25, -0.2) is 23.1 Å². The molecule has 2 aromatic heterocycles. The molecule has 1 saturated carbocycles. The molecule has 3 aromatic rings. The van der Waals surface area contributed by atoms with E-state index in [0.717, 1.165) is 38.4 Å². The van der Waals surface area contributed by atoms with Gasteiger partial charge in [0.1, 0.15) is 11.5 Å². The summed E-state index contributed by atoms with van der Waals surface area (Å²) in [4.78, 5) is 17.7. The van der Waals surface area contributed by atoms with Crippen LogP contribution >= 0.6 is 0 Å². The third-order valence-electron chi connectivity index (χ3n) is 7.05. The maximum Gasteiger partial charge on any atom is 0.240 e. The van der Waals surface area contributed by atoms with Gasteiger partial charge in [0.2, 0.25) is 10.0 Å². The fraction of sp³-hybridized carbons (Fsp3) is 0.346. The lowest BCUT2D eigenvalue weighted by Crippen LogP contribution is -2.56. The molecule has 1 fully saturated rings. The number of hydrogen-bond donors (Lipinski definition) is 3. The van der Waals surface area contributed by atoms with Gasteiger partial charge in [0.15, 0.2) is 11.6 Å². The summed E-state index contributed by atoms with van der Waals surface area (Å²) in [5, 5.41) is 16.7. The van der Waals surface area contributed by atoms with Gasteiger partial charge >= 0.3 is 0 Å². The van der Waals surface area contributed by atoms with E-state index in [1.54, 1.807) is 59.9 Å². The Labute approximate surface area is 216 Å². The Hall–Kier alpha value is -3.70. The van der Waals surface area contributed by atoms with Gasteiger partial charge in [-0.2, -0.15) is 0 Å². The molecule has 0 radical (unpaired) electrons. The summed E-state index contributed by atoms with van der Waals surface area (Å²) in [6.07, 6.45) is 11.1. The van der Waals surface area contributed by atoms with Gasteiger partial charge in [0, 0.05) is 30.5 Å². The van der Waals surface area contributed by atoms with E-state index in [9.17, 15) is 8.42 Å². The molecule has 0 saturated heterocycles. The molecular weight excluding hydrogens is 488 g/mol. The van der Waals surface area contributed by atoms with E-state index in [2.05, 4.69) is 26.5 Å². The number of hydrogen-bond acceptors (Lipinski definition) is 8. The van der Waals surface area contributed by atoms with E-state index in [1.165, 1.54) is 0 Å². The number of nitrogens with one attached hydrogen (secondary N) is 3. The lowest BCUT2D eigenvalue weighted by Gasteiger charge is -2.45. The minimum Gasteiger partial charge on any atom is -0.342 e. The first kappa shape index (κ1) is 25.0. The number of amidine groups is 1. The summed E-state index contributed by atoms with van der Waals surface area (Å²) in [7, 11) is -3.70. The second kappa shape index (κ2) is 10.3. The molecule has 1 aliphatic carbocycles. The van der Waals surface area contributed by atoms with E-state index in [1.807, 2.05) is 0 Å². The lowest BCUT2D eigenvalue weighted by atomic mass is 10.0. The normalized spacial score (nSPS) is 18.2. The first-order valence-electron chi connectivity index (χ1n) is 12.5. The maximum absolute atomic E-state index is 12.8. The zero-order valence-corrected chi connectivity index (χ0v) is 21.4. The largest absolute Gasteiger partial charge is 0.342 e. The van der Waals surface area contributed by atoms with Crippen molar-refractivity contribution < 1.29 is 8.42 Å². The highest BCUT2D eigenvalue weighted by molar-refractivity contribution is 7.89. The summed E-state index contributed by atoms with van der Waals surface area (Å²) in [5.74, 6) is 1.51. The predicted octanol–water partition coefficient (Wildman–Crippen LogP) is 3.95. The van der Waals surface area contributed by atoms with Crippen molar-refractivity contribution in [3.8, 4) is 11.4 Å². The van der Waals surface area contributed by atoms with Crippen LogP contribution in [0.15, 0.2) is 59.9 Å². The Bertz CT molecular complexity index is 1410. The Kier molecular flexibility index (Phi) is 6.98. The average Bonchev–Trinajstić information content (AvgIpc) is 3.46. The summed E-state index contributed by atoms with van der Waals surface area (Å²) >= 11 is 0. The highest BCUT2D eigenvalue weighted by atomic mass is 32.2. The Morgan fingerprint density at radius 2 is 1.89 bits per heavy atom. The van der Waals surface area contributed by atoms with Crippen LogP contribution in [-0.2, 0) is 16.6 Å². The fourth-order valence-electron chi connectivity index (χ4n) is 5.21. The molecule has 37 heavy (non-hydrogen) atoms. The number of benzene rings is 1. The molecule has 1 unspecified atom stereocenters. The average molecular weight is 519 g/mol. The lowest BCUT2D eigenvalue weighted by molar-refractivity contribution is 0.548. The molecule has 3 heterocycles. The van der Waals surface area contributed by atoms with Crippen LogP contribution in [0.2, 0.25) is 0 Å². The van der Waals surface area contributed by atoms with Gasteiger partial charge < -0.3 is 4.90 Å². The van der Waals surface area contributed by atoms with Crippen molar-refractivity contribution in [2.24, 2.45) is 0 Å². The van der Waals surface area contributed by atoms with E-state index in [4.69, 9.17) is 15.8 Å². The molecular formula is C26H30N8O2S. The summed E-state index contributed by atoms with van der Waals surface area (Å²) in [6, 6.07) is 10.1. The second-order valence-corrected chi connectivity index (χ2v) is 11.0. The Balaban J connectivity index is 1.53. The van der Waals surface area contributed by atoms with Crippen molar-refractivity contribution in [1.82, 2.24) is 19.7 Å². The molecule has 2 aliphatic rings. The van der Waals surface area contributed by atoms with Gasteiger partial charge in [-0.1, -0.05) is 38.0 Å². The van der Waals surface area contributed by atoms with Crippen LogP contribution in [0.3, 0.4) is 0 Å². The number of rotatable bonds is 8. The van der Waals surface area contributed by atoms with Crippen LogP contribution in [0, 0.1) is 10.8 Å². The SMILES string of the molecule is CCC1C(=N)N(C=N)c2cnc(-c3ccncc3CNS(=O)(=O)c3ccccc3)nc2N1C1CCCC1. The molecule has 10 nitrogen and oxygen atoms in total. The van der Waals surface area contributed by atoms with Gasteiger partial charge in [-0.3, -0.25) is 20.7 Å². The molecule has 3 N–H and O–H groups in total. The number of anilines is 2. The smallest absolute Gasteiger partial charge is 0.240 e. The van der Waals surface area contributed by atoms with Crippen molar-refractivity contribution in [3.63, 3.8) is 0 Å². The summed E-state index contributed by atoms with van der Waals surface area (Å²) in [5.41, 5.74) is 1.93. The fourth-order valence-corrected chi connectivity index (χ4v) is 6.23. The topological polar surface area (TPSA) is 139 Å². The second-order valence-electron chi connectivity index (χ2n) is 9.23. The van der Waals surface area contributed by atoms with Crippen molar-refractivity contribution in [2.75, 3.05) is 9.80 Å².